The lowest BCUT2D eigenvalue weighted by atomic mass is 9.85. The highest BCUT2D eigenvalue weighted by Gasteiger charge is 2.20. The summed E-state index contributed by atoms with van der Waals surface area (Å²) in [6.45, 7) is 4.19. The van der Waals surface area contributed by atoms with Gasteiger partial charge in [-0.05, 0) is 25.7 Å². The molecule has 1 aliphatic carbocycles. The second-order valence-electron chi connectivity index (χ2n) is 3.42. The summed E-state index contributed by atoms with van der Waals surface area (Å²) in [4.78, 5) is 6.15. The van der Waals surface area contributed by atoms with E-state index in [-0.39, 0.29) is 0 Å². The number of nitrogens with two attached hydrogens (primary N) is 1. The van der Waals surface area contributed by atoms with Gasteiger partial charge < -0.3 is 10.6 Å². The lowest BCUT2D eigenvalue weighted by Gasteiger charge is -2.32. The average molecular weight is 169 g/mol. The molecule has 0 aromatic rings. The van der Waals surface area contributed by atoms with E-state index in [1.165, 1.54) is 19.3 Å². The van der Waals surface area contributed by atoms with Gasteiger partial charge >= 0.3 is 0 Å². The SMILES string of the molecule is CCN(CC1CCC1)C(N)=NC. The molecular formula is C9H19N3. The van der Waals surface area contributed by atoms with Crippen LogP contribution in [0.1, 0.15) is 26.2 Å². The van der Waals surface area contributed by atoms with Crippen LogP contribution >= 0.6 is 0 Å². The first-order valence-corrected chi connectivity index (χ1v) is 4.75. The van der Waals surface area contributed by atoms with Gasteiger partial charge in [-0.1, -0.05) is 6.42 Å². The van der Waals surface area contributed by atoms with Gasteiger partial charge in [-0.25, -0.2) is 0 Å². The second-order valence-corrected chi connectivity index (χ2v) is 3.42. The molecule has 0 aliphatic heterocycles. The molecule has 0 aromatic carbocycles. The molecule has 0 amide bonds. The lowest BCUT2D eigenvalue weighted by molar-refractivity contribution is 0.243. The monoisotopic (exact) mass is 169 g/mol. The van der Waals surface area contributed by atoms with Gasteiger partial charge in [0.15, 0.2) is 5.96 Å². The minimum atomic E-state index is 0.685. The minimum absolute atomic E-state index is 0.685. The van der Waals surface area contributed by atoms with Crippen LogP contribution in [0.3, 0.4) is 0 Å². The van der Waals surface area contributed by atoms with E-state index in [0.29, 0.717) is 5.96 Å². The number of nitrogens with zero attached hydrogens (tertiary/aromatic N) is 2. The zero-order chi connectivity index (χ0) is 8.97. The number of hydrogen-bond donors (Lipinski definition) is 1. The summed E-state index contributed by atoms with van der Waals surface area (Å²) in [5, 5.41) is 0. The van der Waals surface area contributed by atoms with Gasteiger partial charge in [-0.2, -0.15) is 0 Å². The van der Waals surface area contributed by atoms with E-state index < -0.39 is 0 Å². The Labute approximate surface area is 74.6 Å². The first-order valence-electron chi connectivity index (χ1n) is 4.75. The van der Waals surface area contributed by atoms with Crippen LogP contribution in [0.25, 0.3) is 0 Å². The molecule has 0 heterocycles. The number of guanidine groups is 1. The van der Waals surface area contributed by atoms with Crippen LogP contribution < -0.4 is 5.73 Å². The molecule has 0 aromatic heterocycles. The Morgan fingerprint density at radius 3 is 2.58 bits per heavy atom. The van der Waals surface area contributed by atoms with Gasteiger partial charge in [-0.3, -0.25) is 4.99 Å². The Hall–Kier alpha value is -0.730. The predicted molar refractivity (Wildman–Crippen MR) is 52.1 cm³/mol. The third-order valence-electron chi connectivity index (χ3n) is 2.64. The summed E-state index contributed by atoms with van der Waals surface area (Å²) in [6, 6.07) is 0. The molecule has 0 saturated heterocycles. The fourth-order valence-electron chi connectivity index (χ4n) is 1.51. The Bertz CT molecular complexity index is 161. The van der Waals surface area contributed by atoms with Gasteiger partial charge in [0.25, 0.3) is 0 Å². The average Bonchev–Trinajstić information content (AvgIpc) is 2.02. The van der Waals surface area contributed by atoms with Crippen LogP contribution in [0.4, 0.5) is 0 Å². The molecule has 1 rings (SSSR count). The van der Waals surface area contributed by atoms with Crippen molar-refractivity contribution in [2.24, 2.45) is 16.6 Å². The van der Waals surface area contributed by atoms with E-state index in [1.54, 1.807) is 7.05 Å². The molecule has 12 heavy (non-hydrogen) atoms. The predicted octanol–water partition coefficient (Wildman–Crippen LogP) is 1.05. The molecule has 1 aliphatic rings. The summed E-state index contributed by atoms with van der Waals surface area (Å²) >= 11 is 0. The van der Waals surface area contributed by atoms with Crippen molar-refractivity contribution in [3.05, 3.63) is 0 Å². The largest absolute Gasteiger partial charge is 0.370 e. The fraction of sp³-hybridized carbons (Fsp3) is 0.889. The summed E-state index contributed by atoms with van der Waals surface area (Å²) in [5.74, 6) is 1.55. The minimum Gasteiger partial charge on any atom is -0.370 e. The van der Waals surface area contributed by atoms with Gasteiger partial charge in [0.1, 0.15) is 0 Å². The first-order chi connectivity index (χ1) is 5.77. The number of hydrogen-bond acceptors (Lipinski definition) is 1. The summed E-state index contributed by atoms with van der Waals surface area (Å²) < 4.78 is 0. The maximum absolute atomic E-state index is 5.73. The Morgan fingerprint density at radius 1 is 1.58 bits per heavy atom. The summed E-state index contributed by atoms with van der Waals surface area (Å²) in [7, 11) is 1.75. The van der Waals surface area contributed by atoms with Crippen LogP contribution in [0.15, 0.2) is 4.99 Å². The topological polar surface area (TPSA) is 41.6 Å². The van der Waals surface area contributed by atoms with Crippen LogP contribution in [-0.4, -0.2) is 31.0 Å². The highest BCUT2D eigenvalue weighted by molar-refractivity contribution is 5.77. The van der Waals surface area contributed by atoms with Crippen LogP contribution in [-0.2, 0) is 0 Å². The molecular weight excluding hydrogens is 150 g/mol. The van der Waals surface area contributed by atoms with Crippen molar-refractivity contribution in [3.63, 3.8) is 0 Å². The fourth-order valence-corrected chi connectivity index (χ4v) is 1.51. The van der Waals surface area contributed by atoms with Crippen molar-refractivity contribution in [1.29, 1.82) is 0 Å². The molecule has 1 saturated carbocycles. The molecule has 70 valence electrons. The van der Waals surface area contributed by atoms with E-state index in [0.717, 1.165) is 19.0 Å². The van der Waals surface area contributed by atoms with Gasteiger partial charge in [0.2, 0.25) is 0 Å². The van der Waals surface area contributed by atoms with E-state index in [9.17, 15) is 0 Å². The molecule has 1 fully saturated rings. The molecule has 2 N–H and O–H groups in total. The van der Waals surface area contributed by atoms with E-state index in [4.69, 9.17) is 5.73 Å². The van der Waals surface area contributed by atoms with Gasteiger partial charge in [-0.15, -0.1) is 0 Å². The first kappa shape index (κ1) is 9.36. The van der Waals surface area contributed by atoms with E-state index in [1.807, 2.05) is 0 Å². The van der Waals surface area contributed by atoms with Gasteiger partial charge in [0, 0.05) is 20.1 Å². The molecule has 0 spiro atoms. The summed E-state index contributed by atoms with van der Waals surface area (Å²) in [6.07, 6.45) is 4.13. The standard InChI is InChI=1S/C9H19N3/c1-3-12(9(10)11-2)7-8-5-4-6-8/h8H,3-7H2,1-2H3,(H2,10,11). The van der Waals surface area contributed by atoms with Crippen LogP contribution in [0, 0.1) is 5.92 Å². The quantitative estimate of drug-likeness (QED) is 0.507. The van der Waals surface area contributed by atoms with Crippen molar-refractivity contribution in [2.45, 2.75) is 26.2 Å². The molecule has 0 radical (unpaired) electrons. The molecule has 0 atom stereocenters. The van der Waals surface area contributed by atoms with Crippen LogP contribution in [0.5, 0.6) is 0 Å². The summed E-state index contributed by atoms with van der Waals surface area (Å²) in [5.41, 5.74) is 5.73. The number of rotatable bonds is 3. The Kier molecular flexibility index (Phi) is 3.38. The lowest BCUT2D eigenvalue weighted by Crippen LogP contribution is -2.41. The second kappa shape index (κ2) is 4.33. The molecule has 0 bridgehead atoms. The Balaban J connectivity index is 2.33. The third kappa shape index (κ3) is 2.13. The van der Waals surface area contributed by atoms with E-state index in [2.05, 4.69) is 16.8 Å². The molecule has 0 unspecified atom stereocenters. The van der Waals surface area contributed by atoms with Crippen molar-refractivity contribution in [1.82, 2.24) is 4.90 Å². The zero-order valence-electron chi connectivity index (χ0n) is 8.08. The Morgan fingerprint density at radius 2 is 2.25 bits per heavy atom. The van der Waals surface area contributed by atoms with Crippen molar-refractivity contribution < 1.29 is 0 Å². The van der Waals surface area contributed by atoms with E-state index >= 15 is 0 Å². The third-order valence-corrected chi connectivity index (χ3v) is 2.64. The maximum Gasteiger partial charge on any atom is 0.190 e. The van der Waals surface area contributed by atoms with Crippen molar-refractivity contribution >= 4 is 5.96 Å². The zero-order valence-corrected chi connectivity index (χ0v) is 8.08. The highest BCUT2D eigenvalue weighted by atomic mass is 15.2. The molecule has 3 nitrogen and oxygen atoms in total. The van der Waals surface area contributed by atoms with Crippen LogP contribution in [0.2, 0.25) is 0 Å². The number of aliphatic imine (C=N–C) groups is 1. The van der Waals surface area contributed by atoms with Crippen molar-refractivity contribution in [2.75, 3.05) is 20.1 Å². The maximum atomic E-state index is 5.73. The van der Waals surface area contributed by atoms with Gasteiger partial charge in [0.05, 0.1) is 0 Å². The highest BCUT2D eigenvalue weighted by Crippen LogP contribution is 2.26. The smallest absolute Gasteiger partial charge is 0.190 e. The van der Waals surface area contributed by atoms with Crippen molar-refractivity contribution in [3.8, 4) is 0 Å². The molecule has 3 heteroatoms. The normalized spacial score (nSPS) is 19.0.